The SMILES string of the molecule is CCCNc1cc(N2CCCCC2CC)nc(CC)n1. The van der Waals surface area contributed by atoms with Gasteiger partial charge in [-0.2, -0.15) is 0 Å². The van der Waals surface area contributed by atoms with Crippen LogP contribution in [0.15, 0.2) is 6.07 Å². The molecule has 0 saturated carbocycles. The minimum absolute atomic E-state index is 0.641. The molecule has 0 radical (unpaired) electrons. The monoisotopic (exact) mass is 276 g/mol. The Bertz CT molecular complexity index is 419. The predicted molar refractivity (Wildman–Crippen MR) is 85.5 cm³/mol. The van der Waals surface area contributed by atoms with Gasteiger partial charge in [-0.3, -0.25) is 0 Å². The lowest BCUT2D eigenvalue weighted by Crippen LogP contribution is -2.39. The predicted octanol–water partition coefficient (Wildman–Crippen LogP) is 3.63. The summed E-state index contributed by atoms with van der Waals surface area (Å²) < 4.78 is 0. The van der Waals surface area contributed by atoms with Gasteiger partial charge in [-0.1, -0.05) is 20.8 Å². The summed E-state index contributed by atoms with van der Waals surface area (Å²) in [7, 11) is 0. The van der Waals surface area contributed by atoms with Crippen LogP contribution in [-0.4, -0.2) is 29.1 Å². The number of aryl methyl sites for hydroxylation is 1. The van der Waals surface area contributed by atoms with Gasteiger partial charge < -0.3 is 10.2 Å². The second-order valence-corrected chi connectivity index (χ2v) is 5.56. The highest BCUT2D eigenvalue weighted by Crippen LogP contribution is 2.26. The maximum Gasteiger partial charge on any atom is 0.134 e. The molecular formula is C16H28N4. The highest BCUT2D eigenvalue weighted by molar-refractivity contribution is 5.50. The molecule has 0 spiro atoms. The highest BCUT2D eigenvalue weighted by Gasteiger charge is 2.22. The Morgan fingerprint density at radius 2 is 2.10 bits per heavy atom. The first-order valence-electron chi connectivity index (χ1n) is 8.16. The van der Waals surface area contributed by atoms with Gasteiger partial charge in [0.2, 0.25) is 0 Å². The zero-order valence-corrected chi connectivity index (χ0v) is 13.2. The van der Waals surface area contributed by atoms with E-state index in [0.717, 1.165) is 43.4 Å². The number of nitrogens with one attached hydrogen (secondary N) is 1. The van der Waals surface area contributed by atoms with Crippen molar-refractivity contribution in [1.29, 1.82) is 0 Å². The van der Waals surface area contributed by atoms with Crippen molar-refractivity contribution in [3.05, 3.63) is 11.9 Å². The van der Waals surface area contributed by atoms with E-state index in [1.807, 2.05) is 0 Å². The maximum atomic E-state index is 4.76. The third-order valence-corrected chi connectivity index (χ3v) is 4.02. The average molecular weight is 276 g/mol. The molecule has 1 unspecified atom stereocenters. The summed E-state index contributed by atoms with van der Waals surface area (Å²) in [5, 5.41) is 3.40. The summed E-state index contributed by atoms with van der Waals surface area (Å²) in [6.45, 7) is 8.67. The van der Waals surface area contributed by atoms with Crippen LogP contribution < -0.4 is 10.2 Å². The van der Waals surface area contributed by atoms with Crippen molar-refractivity contribution in [2.75, 3.05) is 23.3 Å². The zero-order valence-electron chi connectivity index (χ0n) is 13.2. The van der Waals surface area contributed by atoms with Crippen LogP contribution in [0.2, 0.25) is 0 Å². The summed E-state index contributed by atoms with van der Waals surface area (Å²) in [5.74, 6) is 3.04. The van der Waals surface area contributed by atoms with E-state index in [1.165, 1.54) is 25.7 Å². The zero-order chi connectivity index (χ0) is 14.4. The molecule has 0 aromatic carbocycles. The lowest BCUT2D eigenvalue weighted by atomic mass is 10.00. The van der Waals surface area contributed by atoms with Crippen LogP contribution in [0.5, 0.6) is 0 Å². The van der Waals surface area contributed by atoms with Gasteiger partial charge in [-0.25, -0.2) is 9.97 Å². The molecule has 0 aliphatic carbocycles. The standard InChI is InChI=1S/C16H28N4/c1-4-10-17-15-12-16(19-14(6-3)18-15)20-11-8-7-9-13(20)5-2/h12-13H,4-11H2,1-3H3,(H,17,18,19). The smallest absolute Gasteiger partial charge is 0.134 e. The van der Waals surface area contributed by atoms with Crippen molar-refractivity contribution in [2.24, 2.45) is 0 Å². The molecule has 1 saturated heterocycles. The molecule has 1 aromatic rings. The number of rotatable bonds is 6. The average Bonchev–Trinajstić information content (AvgIpc) is 2.52. The quantitative estimate of drug-likeness (QED) is 0.861. The maximum absolute atomic E-state index is 4.76. The van der Waals surface area contributed by atoms with Gasteiger partial charge in [0.25, 0.3) is 0 Å². The molecule has 1 fully saturated rings. The van der Waals surface area contributed by atoms with Crippen molar-refractivity contribution < 1.29 is 0 Å². The molecule has 112 valence electrons. The van der Waals surface area contributed by atoms with Crippen LogP contribution in [0.25, 0.3) is 0 Å². The van der Waals surface area contributed by atoms with Crippen LogP contribution in [0.1, 0.15) is 58.7 Å². The Labute approximate surface area is 123 Å². The first kappa shape index (κ1) is 15.1. The summed E-state index contributed by atoms with van der Waals surface area (Å²) in [4.78, 5) is 11.8. The van der Waals surface area contributed by atoms with Gasteiger partial charge in [0.15, 0.2) is 0 Å². The van der Waals surface area contributed by atoms with Crippen LogP contribution >= 0.6 is 0 Å². The van der Waals surface area contributed by atoms with E-state index in [1.54, 1.807) is 0 Å². The molecule has 4 heteroatoms. The number of anilines is 2. The number of piperidine rings is 1. The third kappa shape index (κ3) is 3.62. The van der Waals surface area contributed by atoms with Gasteiger partial charge in [-0.05, 0) is 32.1 Å². The van der Waals surface area contributed by atoms with Crippen LogP contribution in [0.3, 0.4) is 0 Å². The number of aromatic nitrogens is 2. The summed E-state index contributed by atoms with van der Waals surface area (Å²) in [6, 6.07) is 2.77. The fraction of sp³-hybridized carbons (Fsp3) is 0.750. The minimum Gasteiger partial charge on any atom is -0.370 e. The van der Waals surface area contributed by atoms with E-state index in [0.29, 0.717) is 6.04 Å². The van der Waals surface area contributed by atoms with E-state index in [-0.39, 0.29) is 0 Å². The van der Waals surface area contributed by atoms with Crippen LogP contribution in [0, 0.1) is 0 Å². The summed E-state index contributed by atoms with van der Waals surface area (Å²) in [6.07, 6.45) is 7.12. The fourth-order valence-corrected chi connectivity index (χ4v) is 2.86. The van der Waals surface area contributed by atoms with Gasteiger partial charge in [0.1, 0.15) is 17.5 Å². The minimum atomic E-state index is 0.641. The molecule has 2 heterocycles. The van der Waals surface area contributed by atoms with E-state index in [9.17, 15) is 0 Å². The third-order valence-electron chi connectivity index (χ3n) is 4.02. The molecule has 20 heavy (non-hydrogen) atoms. The lowest BCUT2D eigenvalue weighted by molar-refractivity contribution is 0.446. The fourth-order valence-electron chi connectivity index (χ4n) is 2.86. The Balaban J connectivity index is 2.24. The van der Waals surface area contributed by atoms with Crippen LogP contribution in [-0.2, 0) is 6.42 Å². The molecule has 2 rings (SSSR count). The molecule has 0 amide bonds. The highest BCUT2D eigenvalue weighted by atomic mass is 15.2. The van der Waals surface area contributed by atoms with Crippen molar-refractivity contribution in [1.82, 2.24) is 9.97 Å². The number of hydrogen-bond acceptors (Lipinski definition) is 4. The molecule has 1 aliphatic heterocycles. The molecular weight excluding hydrogens is 248 g/mol. The van der Waals surface area contributed by atoms with Gasteiger partial charge in [-0.15, -0.1) is 0 Å². The topological polar surface area (TPSA) is 41.0 Å². The van der Waals surface area contributed by atoms with Crippen molar-refractivity contribution in [2.45, 2.75) is 65.3 Å². The molecule has 4 nitrogen and oxygen atoms in total. The number of nitrogens with zero attached hydrogens (tertiary/aromatic N) is 3. The van der Waals surface area contributed by atoms with E-state index in [2.05, 4.69) is 42.0 Å². The second kappa shape index (κ2) is 7.46. The lowest BCUT2D eigenvalue weighted by Gasteiger charge is -2.36. The normalized spacial score (nSPS) is 19.1. The molecule has 1 N–H and O–H groups in total. The second-order valence-electron chi connectivity index (χ2n) is 5.56. The summed E-state index contributed by atoms with van der Waals surface area (Å²) in [5.41, 5.74) is 0. The Hall–Kier alpha value is -1.32. The first-order chi connectivity index (χ1) is 9.78. The van der Waals surface area contributed by atoms with Crippen molar-refractivity contribution >= 4 is 11.6 Å². The molecule has 1 aromatic heterocycles. The molecule has 1 aliphatic rings. The first-order valence-corrected chi connectivity index (χ1v) is 8.16. The molecule has 0 bridgehead atoms. The van der Waals surface area contributed by atoms with Crippen molar-refractivity contribution in [3.8, 4) is 0 Å². The summed E-state index contributed by atoms with van der Waals surface area (Å²) >= 11 is 0. The Morgan fingerprint density at radius 3 is 2.80 bits per heavy atom. The van der Waals surface area contributed by atoms with E-state index < -0.39 is 0 Å². The van der Waals surface area contributed by atoms with Crippen LogP contribution in [0.4, 0.5) is 11.6 Å². The van der Waals surface area contributed by atoms with E-state index in [4.69, 9.17) is 4.98 Å². The largest absolute Gasteiger partial charge is 0.370 e. The van der Waals surface area contributed by atoms with Gasteiger partial charge >= 0.3 is 0 Å². The van der Waals surface area contributed by atoms with Gasteiger partial charge in [0.05, 0.1) is 0 Å². The Kier molecular flexibility index (Phi) is 5.62. The van der Waals surface area contributed by atoms with E-state index >= 15 is 0 Å². The molecule has 1 atom stereocenters. The number of hydrogen-bond donors (Lipinski definition) is 1. The van der Waals surface area contributed by atoms with Gasteiger partial charge in [0, 0.05) is 31.6 Å². The van der Waals surface area contributed by atoms with Crippen molar-refractivity contribution in [3.63, 3.8) is 0 Å². The Morgan fingerprint density at radius 1 is 1.25 bits per heavy atom.